The van der Waals surface area contributed by atoms with Crippen molar-refractivity contribution in [2.75, 3.05) is 13.2 Å². The Morgan fingerprint density at radius 2 is 0.439 bits per heavy atom. The summed E-state index contributed by atoms with van der Waals surface area (Å²) in [5.74, 6) is -0.825. The fourth-order valence-corrected chi connectivity index (χ4v) is 11.6. The number of allylic oxidation sites excluding steroid dienone is 4. The van der Waals surface area contributed by atoms with Crippen LogP contribution >= 0.6 is 0 Å². The van der Waals surface area contributed by atoms with E-state index in [-0.39, 0.29) is 31.1 Å². The molecular weight excluding hydrogens is 1010 g/mol. The van der Waals surface area contributed by atoms with Crippen LogP contribution in [0.1, 0.15) is 425 Å². The van der Waals surface area contributed by atoms with Gasteiger partial charge in [0, 0.05) is 19.3 Å². The molecule has 0 radical (unpaired) electrons. The Morgan fingerprint density at radius 3 is 0.671 bits per heavy atom. The number of unbranched alkanes of at least 4 members (excludes halogenated alkanes) is 55. The van der Waals surface area contributed by atoms with Crippen LogP contribution in [0.25, 0.3) is 0 Å². The van der Waals surface area contributed by atoms with Crippen molar-refractivity contribution in [1.82, 2.24) is 0 Å². The summed E-state index contributed by atoms with van der Waals surface area (Å²) in [6.07, 6.45) is 87.9. The van der Waals surface area contributed by atoms with Crippen molar-refractivity contribution in [2.45, 2.75) is 431 Å². The van der Waals surface area contributed by atoms with Gasteiger partial charge in [-0.25, -0.2) is 0 Å². The third kappa shape index (κ3) is 68.7. The maximum Gasteiger partial charge on any atom is 0.306 e. The molecule has 0 aliphatic carbocycles. The minimum Gasteiger partial charge on any atom is -0.462 e. The van der Waals surface area contributed by atoms with Gasteiger partial charge in [0.1, 0.15) is 13.2 Å². The summed E-state index contributed by atoms with van der Waals surface area (Å²) >= 11 is 0. The molecule has 0 heterocycles. The molecule has 0 amide bonds. The van der Waals surface area contributed by atoms with Crippen LogP contribution in [0, 0.1) is 0 Å². The van der Waals surface area contributed by atoms with Crippen molar-refractivity contribution < 1.29 is 28.6 Å². The molecule has 0 rings (SSSR count). The van der Waals surface area contributed by atoms with E-state index in [1.807, 2.05) is 0 Å². The van der Waals surface area contributed by atoms with Gasteiger partial charge in [-0.15, -0.1) is 0 Å². The maximum atomic E-state index is 13.0. The standard InChI is InChI=1S/C76H144O6/c1-4-7-10-13-16-19-22-25-28-30-32-34-35-36-37-38-39-40-41-43-44-46-48-51-54-57-60-63-66-69-75(78)81-72-73(71-80-74(77)68-65-62-59-56-53-50-27-24-21-18-15-12-9-6-3)82-76(79)70-67-64-61-58-55-52-49-47-45-42-33-31-29-26-23-20-17-14-11-8-5-2/h22,25,30,32,73H,4-21,23-24,26-29,31,33-72H2,1-3H3/b25-22-,32-30-. The van der Waals surface area contributed by atoms with Gasteiger partial charge >= 0.3 is 17.9 Å². The second-order valence-corrected chi connectivity index (χ2v) is 25.6. The predicted octanol–water partition coefficient (Wildman–Crippen LogP) is 25.7. The summed E-state index contributed by atoms with van der Waals surface area (Å²) in [4.78, 5) is 38.5. The molecule has 0 fully saturated rings. The molecule has 0 aliphatic rings. The average Bonchev–Trinajstić information content (AvgIpc) is 3.47. The third-order valence-electron chi connectivity index (χ3n) is 17.2. The summed E-state index contributed by atoms with van der Waals surface area (Å²) in [6.45, 7) is 6.72. The van der Waals surface area contributed by atoms with Crippen molar-refractivity contribution in [3.63, 3.8) is 0 Å². The lowest BCUT2D eigenvalue weighted by molar-refractivity contribution is -0.167. The van der Waals surface area contributed by atoms with Crippen LogP contribution in [0.2, 0.25) is 0 Å². The molecule has 0 bridgehead atoms. The van der Waals surface area contributed by atoms with Gasteiger partial charge in [0.2, 0.25) is 0 Å². The van der Waals surface area contributed by atoms with Gasteiger partial charge < -0.3 is 14.2 Å². The molecule has 0 aromatic carbocycles. The first-order valence-corrected chi connectivity index (χ1v) is 37.3. The Labute approximate surface area is 513 Å². The smallest absolute Gasteiger partial charge is 0.306 e. The van der Waals surface area contributed by atoms with Gasteiger partial charge in [-0.05, 0) is 51.4 Å². The van der Waals surface area contributed by atoms with Crippen LogP contribution < -0.4 is 0 Å². The molecule has 0 N–H and O–H groups in total. The number of ether oxygens (including phenoxy) is 3. The molecule has 0 saturated carbocycles. The molecule has 82 heavy (non-hydrogen) atoms. The van der Waals surface area contributed by atoms with Gasteiger partial charge in [0.05, 0.1) is 0 Å². The number of carbonyl (C=O) groups is 3. The number of esters is 3. The number of hydrogen-bond donors (Lipinski definition) is 0. The normalized spacial score (nSPS) is 12.1. The van der Waals surface area contributed by atoms with Crippen LogP contribution in [-0.2, 0) is 28.6 Å². The maximum absolute atomic E-state index is 13.0. The lowest BCUT2D eigenvalue weighted by Crippen LogP contribution is -2.30. The Kier molecular flexibility index (Phi) is 69.5. The van der Waals surface area contributed by atoms with E-state index in [1.165, 1.54) is 321 Å². The van der Waals surface area contributed by atoms with Crippen molar-refractivity contribution >= 4 is 17.9 Å². The monoisotopic (exact) mass is 1150 g/mol. The second kappa shape index (κ2) is 71.4. The summed E-state index contributed by atoms with van der Waals surface area (Å²) < 4.78 is 17.0. The zero-order chi connectivity index (χ0) is 59.2. The minimum absolute atomic E-state index is 0.0629. The van der Waals surface area contributed by atoms with Crippen LogP contribution in [0.5, 0.6) is 0 Å². The minimum atomic E-state index is -0.767. The molecule has 0 aromatic heterocycles. The van der Waals surface area contributed by atoms with E-state index in [4.69, 9.17) is 14.2 Å². The molecule has 6 nitrogen and oxygen atoms in total. The zero-order valence-electron chi connectivity index (χ0n) is 55.8. The van der Waals surface area contributed by atoms with Gasteiger partial charge in [-0.1, -0.05) is 379 Å². The van der Waals surface area contributed by atoms with Gasteiger partial charge in [-0.3, -0.25) is 14.4 Å². The van der Waals surface area contributed by atoms with Crippen molar-refractivity contribution in [3.8, 4) is 0 Å². The Morgan fingerprint density at radius 1 is 0.244 bits per heavy atom. The van der Waals surface area contributed by atoms with Gasteiger partial charge in [-0.2, -0.15) is 0 Å². The Balaban J connectivity index is 4.18. The quantitative estimate of drug-likeness (QED) is 0.0261. The van der Waals surface area contributed by atoms with Crippen molar-refractivity contribution in [1.29, 1.82) is 0 Å². The first-order chi connectivity index (χ1) is 40.5. The fourth-order valence-electron chi connectivity index (χ4n) is 11.6. The highest BCUT2D eigenvalue weighted by Crippen LogP contribution is 2.19. The van der Waals surface area contributed by atoms with Crippen LogP contribution in [0.3, 0.4) is 0 Å². The summed E-state index contributed by atoms with van der Waals surface area (Å²) in [6, 6.07) is 0. The van der Waals surface area contributed by atoms with E-state index < -0.39 is 6.10 Å². The third-order valence-corrected chi connectivity index (χ3v) is 17.2. The number of rotatable bonds is 70. The molecule has 0 aromatic rings. The fraction of sp³-hybridized carbons (Fsp3) is 0.908. The van der Waals surface area contributed by atoms with Gasteiger partial charge in [0.25, 0.3) is 0 Å². The van der Waals surface area contributed by atoms with Crippen LogP contribution in [-0.4, -0.2) is 37.2 Å². The zero-order valence-corrected chi connectivity index (χ0v) is 55.8. The second-order valence-electron chi connectivity index (χ2n) is 25.6. The molecule has 0 aliphatic heterocycles. The van der Waals surface area contributed by atoms with E-state index >= 15 is 0 Å². The van der Waals surface area contributed by atoms with Crippen LogP contribution in [0.4, 0.5) is 0 Å². The Bertz CT molecular complexity index is 1320. The molecule has 0 saturated heterocycles. The van der Waals surface area contributed by atoms with E-state index in [0.29, 0.717) is 19.3 Å². The SMILES string of the molecule is CCCCCCC/C=C\C/C=C\CCCCCCCCCCCCCCCCCCCC(=O)OCC(COC(=O)CCCCCCCCCCCCCCCC)OC(=O)CCCCCCCCCCCCCCCCCCCCCCC. The first-order valence-electron chi connectivity index (χ1n) is 37.3. The molecule has 1 atom stereocenters. The number of carbonyl (C=O) groups excluding carboxylic acids is 3. The number of hydrogen-bond acceptors (Lipinski definition) is 6. The molecule has 1 unspecified atom stereocenters. The van der Waals surface area contributed by atoms with Crippen LogP contribution in [0.15, 0.2) is 24.3 Å². The van der Waals surface area contributed by atoms with E-state index in [0.717, 1.165) is 64.2 Å². The largest absolute Gasteiger partial charge is 0.462 e. The lowest BCUT2D eigenvalue weighted by Gasteiger charge is -2.18. The van der Waals surface area contributed by atoms with Crippen molar-refractivity contribution in [3.05, 3.63) is 24.3 Å². The van der Waals surface area contributed by atoms with E-state index in [9.17, 15) is 14.4 Å². The lowest BCUT2D eigenvalue weighted by atomic mass is 10.0. The van der Waals surface area contributed by atoms with E-state index in [2.05, 4.69) is 45.1 Å². The predicted molar refractivity (Wildman–Crippen MR) is 358 cm³/mol. The Hall–Kier alpha value is -2.11. The average molecular weight is 1150 g/mol. The highest BCUT2D eigenvalue weighted by atomic mass is 16.6. The summed E-state index contributed by atoms with van der Waals surface area (Å²) in [5, 5.41) is 0. The highest BCUT2D eigenvalue weighted by Gasteiger charge is 2.20. The summed E-state index contributed by atoms with van der Waals surface area (Å²) in [5.41, 5.74) is 0. The molecule has 484 valence electrons. The molecular formula is C76H144O6. The van der Waals surface area contributed by atoms with E-state index in [1.54, 1.807) is 0 Å². The van der Waals surface area contributed by atoms with Crippen molar-refractivity contribution in [2.24, 2.45) is 0 Å². The topological polar surface area (TPSA) is 78.9 Å². The summed E-state index contributed by atoms with van der Waals surface area (Å²) in [7, 11) is 0. The first kappa shape index (κ1) is 79.9. The highest BCUT2D eigenvalue weighted by molar-refractivity contribution is 5.71. The molecule has 6 heteroatoms. The molecule has 0 spiro atoms. The van der Waals surface area contributed by atoms with Gasteiger partial charge in [0.15, 0.2) is 6.10 Å².